The van der Waals surface area contributed by atoms with Crippen LogP contribution in [0, 0.1) is 6.92 Å². The van der Waals surface area contributed by atoms with Gasteiger partial charge in [-0.25, -0.2) is 4.98 Å². The number of hydrogen-bond donors (Lipinski definition) is 1. The Kier molecular flexibility index (Phi) is 4.68. The van der Waals surface area contributed by atoms with E-state index in [-0.39, 0.29) is 5.91 Å². The third-order valence-corrected chi connectivity index (χ3v) is 3.39. The smallest absolute Gasteiger partial charge is 0.224 e. The van der Waals surface area contributed by atoms with Crippen LogP contribution >= 0.6 is 15.9 Å². The van der Waals surface area contributed by atoms with Crippen LogP contribution in [-0.2, 0) is 11.2 Å². The van der Waals surface area contributed by atoms with Crippen molar-refractivity contribution in [3.63, 3.8) is 0 Å². The zero-order valence-electron chi connectivity index (χ0n) is 10.7. The van der Waals surface area contributed by atoms with Crippen molar-refractivity contribution in [1.82, 2.24) is 4.98 Å². The maximum atomic E-state index is 11.9. The number of halogens is 1. The number of aryl methyl sites for hydroxylation is 2. The van der Waals surface area contributed by atoms with Gasteiger partial charge in [0.05, 0.1) is 5.69 Å². The predicted molar refractivity (Wildman–Crippen MR) is 80.1 cm³/mol. The second-order valence-electron chi connectivity index (χ2n) is 4.38. The molecule has 0 aliphatic rings. The lowest BCUT2D eigenvalue weighted by molar-refractivity contribution is -0.116. The van der Waals surface area contributed by atoms with Crippen LogP contribution in [0.25, 0.3) is 0 Å². The Bertz CT molecular complexity index is 584. The molecule has 0 saturated heterocycles. The summed E-state index contributed by atoms with van der Waals surface area (Å²) >= 11 is 3.30. The lowest BCUT2D eigenvalue weighted by Gasteiger charge is -2.06. The quantitative estimate of drug-likeness (QED) is 0.873. The molecule has 1 aromatic heterocycles. The first kappa shape index (κ1) is 13.7. The van der Waals surface area contributed by atoms with E-state index in [0.717, 1.165) is 6.42 Å². The summed E-state index contributed by atoms with van der Waals surface area (Å²) in [6, 6.07) is 11.8. The highest BCUT2D eigenvalue weighted by molar-refractivity contribution is 9.10. The van der Waals surface area contributed by atoms with Gasteiger partial charge in [0.25, 0.3) is 0 Å². The number of nitrogens with one attached hydrogen (secondary N) is 1. The zero-order chi connectivity index (χ0) is 13.7. The molecule has 0 saturated carbocycles. The standard InChI is InChI=1S/C15H15BrN2O/c1-11-4-2-5-12(10-11)7-8-14(19)18-13-6-3-9-17-15(13)16/h2-6,9-10H,7-8H2,1H3,(H,18,19). The number of nitrogens with zero attached hydrogens (tertiary/aromatic N) is 1. The highest BCUT2D eigenvalue weighted by Crippen LogP contribution is 2.18. The average molecular weight is 319 g/mol. The minimum atomic E-state index is -0.00444. The van der Waals surface area contributed by atoms with Crippen molar-refractivity contribution in [2.45, 2.75) is 19.8 Å². The first-order chi connectivity index (χ1) is 9.15. The predicted octanol–water partition coefficient (Wildman–Crippen LogP) is 3.72. The summed E-state index contributed by atoms with van der Waals surface area (Å²) in [5.74, 6) is -0.00444. The molecule has 2 aromatic rings. The first-order valence-electron chi connectivity index (χ1n) is 6.11. The van der Waals surface area contributed by atoms with E-state index >= 15 is 0 Å². The number of amides is 1. The molecule has 1 aromatic carbocycles. The Morgan fingerprint density at radius 2 is 2.16 bits per heavy atom. The van der Waals surface area contributed by atoms with Gasteiger partial charge < -0.3 is 5.32 Å². The summed E-state index contributed by atoms with van der Waals surface area (Å²) in [6.07, 6.45) is 2.88. The van der Waals surface area contributed by atoms with E-state index in [1.54, 1.807) is 12.3 Å². The second kappa shape index (κ2) is 6.48. The Hall–Kier alpha value is -1.68. The van der Waals surface area contributed by atoms with Crippen LogP contribution in [-0.4, -0.2) is 10.9 Å². The lowest BCUT2D eigenvalue weighted by atomic mass is 10.1. The van der Waals surface area contributed by atoms with Crippen molar-refractivity contribution in [1.29, 1.82) is 0 Å². The van der Waals surface area contributed by atoms with Gasteiger partial charge in [-0.05, 0) is 47.0 Å². The molecule has 0 bridgehead atoms. The molecule has 0 radical (unpaired) electrons. The van der Waals surface area contributed by atoms with Crippen molar-refractivity contribution >= 4 is 27.5 Å². The fraction of sp³-hybridized carbons (Fsp3) is 0.200. The maximum Gasteiger partial charge on any atom is 0.224 e. The molecule has 0 fully saturated rings. The Labute approximate surface area is 121 Å². The van der Waals surface area contributed by atoms with Crippen LogP contribution in [0.1, 0.15) is 17.5 Å². The van der Waals surface area contributed by atoms with Gasteiger partial charge in [-0.1, -0.05) is 29.8 Å². The van der Waals surface area contributed by atoms with E-state index in [4.69, 9.17) is 0 Å². The van der Waals surface area contributed by atoms with E-state index in [9.17, 15) is 4.79 Å². The van der Waals surface area contributed by atoms with Gasteiger partial charge in [0.15, 0.2) is 0 Å². The zero-order valence-corrected chi connectivity index (χ0v) is 12.3. The summed E-state index contributed by atoms with van der Waals surface area (Å²) in [7, 11) is 0. The molecule has 19 heavy (non-hydrogen) atoms. The summed E-state index contributed by atoms with van der Waals surface area (Å²) in [5, 5.41) is 2.85. The Morgan fingerprint density at radius 3 is 2.89 bits per heavy atom. The highest BCUT2D eigenvalue weighted by atomic mass is 79.9. The van der Waals surface area contributed by atoms with Crippen LogP contribution in [0.5, 0.6) is 0 Å². The first-order valence-corrected chi connectivity index (χ1v) is 6.90. The molecule has 98 valence electrons. The second-order valence-corrected chi connectivity index (χ2v) is 5.13. The Balaban J connectivity index is 1.90. The number of pyridine rings is 1. The van der Waals surface area contributed by atoms with Crippen LogP contribution in [0.2, 0.25) is 0 Å². The monoisotopic (exact) mass is 318 g/mol. The van der Waals surface area contributed by atoms with Gasteiger partial charge in [0.2, 0.25) is 5.91 Å². The molecular weight excluding hydrogens is 304 g/mol. The van der Waals surface area contributed by atoms with Gasteiger partial charge in [0.1, 0.15) is 4.60 Å². The fourth-order valence-corrected chi connectivity index (χ4v) is 2.17. The van der Waals surface area contributed by atoms with Crippen molar-refractivity contribution in [3.05, 3.63) is 58.3 Å². The van der Waals surface area contributed by atoms with Crippen molar-refractivity contribution in [2.75, 3.05) is 5.32 Å². The molecular formula is C15H15BrN2O. The number of rotatable bonds is 4. The van der Waals surface area contributed by atoms with Crippen LogP contribution in [0.15, 0.2) is 47.2 Å². The third-order valence-electron chi connectivity index (χ3n) is 2.76. The molecule has 0 atom stereocenters. The van der Waals surface area contributed by atoms with Crippen LogP contribution in [0.4, 0.5) is 5.69 Å². The lowest BCUT2D eigenvalue weighted by Crippen LogP contribution is -2.13. The number of carbonyl (C=O) groups is 1. The number of benzene rings is 1. The molecule has 0 aliphatic heterocycles. The maximum absolute atomic E-state index is 11.9. The van der Waals surface area contributed by atoms with Gasteiger partial charge >= 0.3 is 0 Å². The van der Waals surface area contributed by atoms with E-state index < -0.39 is 0 Å². The third kappa shape index (κ3) is 4.17. The number of anilines is 1. The van der Waals surface area contributed by atoms with Gasteiger partial charge in [-0.15, -0.1) is 0 Å². The van der Waals surface area contributed by atoms with Crippen molar-refractivity contribution < 1.29 is 4.79 Å². The normalized spacial score (nSPS) is 10.2. The minimum Gasteiger partial charge on any atom is -0.324 e. The van der Waals surface area contributed by atoms with Gasteiger partial charge in [0, 0.05) is 12.6 Å². The van der Waals surface area contributed by atoms with Crippen LogP contribution < -0.4 is 5.32 Å². The van der Waals surface area contributed by atoms with E-state index in [1.807, 2.05) is 18.2 Å². The van der Waals surface area contributed by atoms with E-state index in [0.29, 0.717) is 16.7 Å². The number of aromatic nitrogens is 1. The highest BCUT2D eigenvalue weighted by Gasteiger charge is 2.06. The molecule has 1 amide bonds. The SMILES string of the molecule is Cc1cccc(CCC(=O)Nc2cccnc2Br)c1. The molecule has 0 aliphatic carbocycles. The topological polar surface area (TPSA) is 42.0 Å². The van der Waals surface area contributed by atoms with E-state index in [2.05, 4.69) is 45.3 Å². The van der Waals surface area contributed by atoms with E-state index in [1.165, 1.54) is 11.1 Å². The fourth-order valence-electron chi connectivity index (χ4n) is 1.82. The van der Waals surface area contributed by atoms with Gasteiger partial charge in [-0.2, -0.15) is 0 Å². The molecule has 1 N–H and O–H groups in total. The molecule has 0 unspecified atom stereocenters. The Morgan fingerprint density at radius 1 is 1.32 bits per heavy atom. The van der Waals surface area contributed by atoms with Crippen molar-refractivity contribution in [3.8, 4) is 0 Å². The molecule has 1 heterocycles. The molecule has 0 spiro atoms. The van der Waals surface area contributed by atoms with Crippen molar-refractivity contribution in [2.24, 2.45) is 0 Å². The summed E-state index contributed by atoms with van der Waals surface area (Å²) < 4.78 is 0.652. The molecule has 2 rings (SSSR count). The summed E-state index contributed by atoms with van der Waals surface area (Å²) in [6.45, 7) is 2.05. The average Bonchev–Trinajstić information content (AvgIpc) is 2.39. The summed E-state index contributed by atoms with van der Waals surface area (Å²) in [4.78, 5) is 15.9. The molecule has 3 nitrogen and oxygen atoms in total. The number of carbonyl (C=O) groups excluding carboxylic acids is 1. The van der Waals surface area contributed by atoms with Crippen LogP contribution in [0.3, 0.4) is 0 Å². The number of hydrogen-bond acceptors (Lipinski definition) is 2. The minimum absolute atomic E-state index is 0.00444. The van der Waals surface area contributed by atoms with Gasteiger partial charge in [-0.3, -0.25) is 4.79 Å². The largest absolute Gasteiger partial charge is 0.324 e. The summed E-state index contributed by atoms with van der Waals surface area (Å²) in [5.41, 5.74) is 3.10. The molecule has 4 heteroatoms.